The highest BCUT2D eigenvalue weighted by Gasteiger charge is 2.37. The van der Waals surface area contributed by atoms with Gasteiger partial charge in [-0.05, 0) is 50.7 Å². The van der Waals surface area contributed by atoms with E-state index in [-0.39, 0.29) is 38.5 Å². The molecule has 0 saturated carbocycles. The first-order valence-electron chi connectivity index (χ1n) is 15.6. The molecule has 16 heteroatoms. The fourth-order valence-corrected chi connectivity index (χ4v) is 6.59. The SMILES string of the molecule is COc1cc(CPOC(C)C(C)O)ccc1Nc1ncc(C(F)(F)F)c(Nc2ccc(N3CCN(C)C(CN)C3)c3c2C(=O)N(C)C3)n1. The minimum Gasteiger partial charge on any atom is -0.495 e. The van der Waals surface area contributed by atoms with E-state index in [1.54, 1.807) is 44.0 Å². The smallest absolute Gasteiger partial charge is 0.421 e. The van der Waals surface area contributed by atoms with Gasteiger partial charge in [0.2, 0.25) is 5.95 Å². The summed E-state index contributed by atoms with van der Waals surface area (Å²) in [5.41, 5.74) is 8.40. The van der Waals surface area contributed by atoms with E-state index in [1.807, 2.05) is 19.2 Å². The Morgan fingerprint density at radius 2 is 1.90 bits per heavy atom. The summed E-state index contributed by atoms with van der Waals surface area (Å²) in [5.74, 6) is -0.464. The van der Waals surface area contributed by atoms with Gasteiger partial charge in [-0.2, -0.15) is 18.2 Å². The van der Waals surface area contributed by atoms with E-state index in [1.165, 1.54) is 7.11 Å². The molecule has 1 fully saturated rings. The van der Waals surface area contributed by atoms with Crippen LogP contribution in [0, 0.1) is 0 Å². The number of aliphatic hydroxyl groups excluding tert-OH is 1. The number of benzene rings is 2. The Bertz CT molecular complexity index is 1630. The van der Waals surface area contributed by atoms with E-state index in [4.69, 9.17) is 15.0 Å². The molecule has 2 aromatic carbocycles. The topological polar surface area (TPSA) is 141 Å². The molecule has 12 nitrogen and oxygen atoms in total. The molecule has 3 heterocycles. The van der Waals surface area contributed by atoms with Crippen LogP contribution in [0.2, 0.25) is 0 Å². The van der Waals surface area contributed by atoms with Gasteiger partial charge in [0, 0.05) is 78.2 Å². The van der Waals surface area contributed by atoms with Crippen molar-refractivity contribution in [2.45, 2.75) is 51.0 Å². The molecule has 4 atom stereocenters. The second kappa shape index (κ2) is 14.8. The molecule has 48 heavy (non-hydrogen) atoms. The number of carbonyl (C=O) groups is 1. The first-order chi connectivity index (χ1) is 22.8. The fraction of sp³-hybridized carbons (Fsp3) is 0.469. The van der Waals surface area contributed by atoms with Gasteiger partial charge in [-0.1, -0.05) is 6.07 Å². The highest BCUT2D eigenvalue weighted by atomic mass is 31.1. The maximum Gasteiger partial charge on any atom is 0.421 e. The monoisotopic (exact) mass is 690 g/mol. The van der Waals surface area contributed by atoms with Crippen LogP contribution in [0.1, 0.15) is 40.9 Å². The maximum absolute atomic E-state index is 14.2. The molecular formula is C32H42F3N8O4P. The zero-order chi connectivity index (χ0) is 34.7. The van der Waals surface area contributed by atoms with Crippen LogP contribution in [0.4, 0.5) is 42.0 Å². The number of aromatic nitrogens is 2. The fourth-order valence-electron chi connectivity index (χ4n) is 5.66. The number of hydrogen-bond donors (Lipinski definition) is 4. The van der Waals surface area contributed by atoms with Gasteiger partial charge in [0.1, 0.15) is 17.1 Å². The number of rotatable bonds is 12. The van der Waals surface area contributed by atoms with Crippen molar-refractivity contribution < 1.29 is 32.3 Å². The van der Waals surface area contributed by atoms with Crippen LogP contribution in [0.5, 0.6) is 5.75 Å². The van der Waals surface area contributed by atoms with Gasteiger partial charge in [0.05, 0.1) is 36.3 Å². The van der Waals surface area contributed by atoms with Gasteiger partial charge in [-0.3, -0.25) is 9.69 Å². The molecule has 0 bridgehead atoms. The molecule has 0 aliphatic carbocycles. The van der Waals surface area contributed by atoms with Crippen molar-refractivity contribution in [2.24, 2.45) is 5.73 Å². The third-order valence-electron chi connectivity index (χ3n) is 8.72. The average molecular weight is 691 g/mol. The van der Waals surface area contributed by atoms with E-state index < -0.39 is 23.7 Å². The number of aliphatic hydroxyl groups is 1. The number of ether oxygens (including phenoxy) is 1. The second-order valence-corrected chi connectivity index (χ2v) is 13.0. The number of fused-ring (bicyclic) bond motifs is 1. The molecule has 0 spiro atoms. The molecule has 1 aromatic heterocycles. The van der Waals surface area contributed by atoms with Gasteiger partial charge in [-0.15, -0.1) is 0 Å². The minimum absolute atomic E-state index is 0.102. The molecule has 0 radical (unpaired) electrons. The van der Waals surface area contributed by atoms with Crippen LogP contribution in [0.15, 0.2) is 36.5 Å². The number of nitrogens with zero attached hydrogens (tertiary/aromatic N) is 5. The molecule has 1 saturated heterocycles. The predicted molar refractivity (Wildman–Crippen MR) is 181 cm³/mol. The standard InChI is InChI=1S/C32H42F3N8O4P/c1-18(44)19(2)47-48-17-20-6-7-24(27(12-20)46-5)39-31-37-14-23(32(33,34)35)29(40-31)38-25-8-9-26(22-16-42(4)30(45)28(22)25)43-11-10-41(3)21(13-36)15-43/h6-9,12,14,18-19,21,44,48H,10-11,13,15-17,36H2,1-5H3,(H2,37,38,39,40). The summed E-state index contributed by atoms with van der Waals surface area (Å²) in [4.78, 5) is 27.5. The number of methoxy groups -OCH3 is 1. The molecule has 5 N–H and O–H groups in total. The molecule has 1 amide bonds. The van der Waals surface area contributed by atoms with Gasteiger partial charge >= 0.3 is 6.18 Å². The van der Waals surface area contributed by atoms with Crippen molar-refractivity contribution in [1.29, 1.82) is 0 Å². The molecule has 2 aliphatic rings. The van der Waals surface area contributed by atoms with Crippen molar-refractivity contribution in [3.05, 3.63) is 58.8 Å². The Balaban J connectivity index is 1.43. The van der Waals surface area contributed by atoms with Gasteiger partial charge < -0.3 is 40.5 Å². The van der Waals surface area contributed by atoms with Crippen molar-refractivity contribution in [1.82, 2.24) is 19.8 Å². The molecule has 260 valence electrons. The number of alkyl halides is 3. The highest BCUT2D eigenvalue weighted by Crippen LogP contribution is 2.41. The zero-order valence-corrected chi connectivity index (χ0v) is 28.6. The predicted octanol–water partition coefficient (Wildman–Crippen LogP) is 4.54. The number of carbonyl (C=O) groups excluding carboxylic acids is 1. The zero-order valence-electron chi connectivity index (χ0n) is 27.6. The van der Waals surface area contributed by atoms with Gasteiger partial charge in [0.15, 0.2) is 0 Å². The van der Waals surface area contributed by atoms with Crippen molar-refractivity contribution >= 4 is 43.5 Å². The first-order valence-corrected chi connectivity index (χ1v) is 16.7. The Morgan fingerprint density at radius 1 is 1.15 bits per heavy atom. The van der Waals surface area contributed by atoms with E-state index >= 15 is 0 Å². The molecule has 2 aliphatic heterocycles. The van der Waals surface area contributed by atoms with Crippen LogP contribution < -0.4 is 26.0 Å². The first kappa shape index (κ1) is 35.6. The number of hydrogen-bond acceptors (Lipinski definition) is 11. The number of amides is 1. The Labute approximate surface area is 279 Å². The number of halogens is 3. The summed E-state index contributed by atoms with van der Waals surface area (Å²) in [6, 6.07) is 8.95. The maximum atomic E-state index is 14.2. The van der Waals surface area contributed by atoms with E-state index in [0.29, 0.717) is 49.0 Å². The molecule has 5 rings (SSSR count). The molecule has 3 aromatic rings. The quantitative estimate of drug-likeness (QED) is 0.199. The second-order valence-electron chi connectivity index (χ2n) is 12.1. The van der Waals surface area contributed by atoms with E-state index in [0.717, 1.165) is 29.9 Å². The third-order valence-corrected chi connectivity index (χ3v) is 9.81. The van der Waals surface area contributed by atoms with E-state index in [2.05, 4.69) is 30.4 Å². The number of nitrogens with two attached hydrogens (primary N) is 1. The Morgan fingerprint density at radius 3 is 2.58 bits per heavy atom. The van der Waals surface area contributed by atoms with Gasteiger partial charge in [0.25, 0.3) is 5.91 Å². The highest BCUT2D eigenvalue weighted by molar-refractivity contribution is 7.31. The van der Waals surface area contributed by atoms with Crippen LogP contribution in [-0.4, -0.2) is 96.4 Å². The average Bonchev–Trinajstić information content (AvgIpc) is 3.35. The summed E-state index contributed by atoms with van der Waals surface area (Å²) >= 11 is 0. The summed E-state index contributed by atoms with van der Waals surface area (Å²) in [5, 5.41) is 15.4. The third kappa shape index (κ3) is 7.76. The molecule has 4 unspecified atom stereocenters. The number of piperazine rings is 1. The summed E-state index contributed by atoms with van der Waals surface area (Å²) in [7, 11) is 5.28. The number of nitrogens with one attached hydrogen (secondary N) is 2. The van der Waals surface area contributed by atoms with Crippen molar-refractivity contribution in [3.63, 3.8) is 0 Å². The molecular weight excluding hydrogens is 648 g/mol. The largest absolute Gasteiger partial charge is 0.495 e. The van der Waals surface area contributed by atoms with Gasteiger partial charge in [-0.25, -0.2) is 4.98 Å². The lowest BCUT2D eigenvalue weighted by Crippen LogP contribution is -2.54. The Kier molecular flexibility index (Phi) is 11.0. The van der Waals surface area contributed by atoms with Crippen LogP contribution in [0.3, 0.4) is 0 Å². The minimum atomic E-state index is -4.77. The number of likely N-dealkylation sites (N-methyl/N-ethyl adjacent to an activating group) is 1. The normalized spacial score (nSPS) is 18.4. The summed E-state index contributed by atoms with van der Waals surface area (Å²) < 4.78 is 53.8. The van der Waals surface area contributed by atoms with Crippen molar-refractivity contribution in [2.75, 3.05) is 62.9 Å². The summed E-state index contributed by atoms with van der Waals surface area (Å²) in [6.45, 7) is 6.45. The lowest BCUT2D eigenvalue weighted by Gasteiger charge is -2.40. The van der Waals surface area contributed by atoms with Crippen molar-refractivity contribution in [3.8, 4) is 5.75 Å². The Hall–Kier alpha value is -3.75. The lowest BCUT2D eigenvalue weighted by molar-refractivity contribution is -0.137. The van der Waals surface area contributed by atoms with Crippen LogP contribution in [0.25, 0.3) is 0 Å². The van der Waals surface area contributed by atoms with Crippen LogP contribution >= 0.6 is 8.81 Å². The number of anilines is 5. The summed E-state index contributed by atoms with van der Waals surface area (Å²) in [6.07, 6.45) is -4.37. The van der Waals surface area contributed by atoms with E-state index in [9.17, 15) is 23.1 Å². The lowest BCUT2D eigenvalue weighted by atomic mass is 10.0. The van der Waals surface area contributed by atoms with Crippen LogP contribution in [-0.2, 0) is 23.4 Å².